The van der Waals surface area contributed by atoms with Gasteiger partial charge in [-0.3, -0.25) is 0 Å². The fourth-order valence-electron chi connectivity index (χ4n) is 1.72. The van der Waals surface area contributed by atoms with E-state index in [9.17, 15) is 5.26 Å². The molecule has 0 saturated carbocycles. The highest BCUT2D eigenvalue weighted by molar-refractivity contribution is 5.59. The summed E-state index contributed by atoms with van der Waals surface area (Å²) in [5, 5.41) is 26.9. The van der Waals surface area contributed by atoms with Crippen LogP contribution < -0.4 is 0 Å². The predicted octanol–water partition coefficient (Wildman–Crippen LogP) is 2.88. The molecule has 90 valence electrons. The summed E-state index contributed by atoms with van der Waals surface area (Å²) in [5.74, 6) is 0.0863. The Balaban J connectivity index is 3.51. The Kier molecular flexibility index (Phi) is 3.93. The Morgan fingerprint density at radius 1 is 1.28 bits per heavy atom. The largest absolute Gasteiger partial charge is 0.480 e. The van der Waals surface area contributed by atoms with E-state index in [1.165, 1.54) is 0 Å². The molecule has 0 N–H and O–H groups in total. The maximum absolute atomic E-state index is 9.20. The van der Waals surface area contributed by atoms with E-state index >= 15 is 0 Å². The molecule has 0 aromatic heterocycles. The van der Waals surface area contributed by atoms with Crippen LogP contribution in [0.4, 0.5) is 0 Å². The first-order chi connectivity index (χ1) is 8.51. The zero-order valence-corrected chi connectivity index (χ0v) is 10.6. The molecule has 0 amide bonds. The first-order valence-corrected chi connectivity index (χ1v) is 5.57. The van der Waals surface area contributed by atoms with Crippen LogP contribution in [0.15, 0.2) is 34.6 Å². The van der Waals surface area contributed by atoms with Gasteiger partial charge in [0.2, 0.25) is 0 Å². The number of rotatable bonds is 2. The summed E-state index contributed by atoms with van der Waals surface area (Å²) in [7, 11) is 0. The van der Waals surface area contributed by atoms with E-state index in [4.69, 9.17) is 15.3 Å². The van der Waals surface area contributed by atoms with Crippen LogP contribution in [0, 0.1) is 34.0 Å². The van der Waals surface area contributed by atoms with Gasteiger partial charge >= 0.3 is 0 Å². The Morgan fingerprint density at radius 3 is 2.33 bits per heavy atom. The molecular formula is C14H13N3O. The second-order valence-corrected chi connectivity index (χ2v) is 4.25. The van der Waals surface area contributed by atoms with E-state index in [0.717, 1.165) is 6.42 Å². The van der Waals surface area contributed by atoms with Gasteiger partial charge in [0, 0.05) is 5.57 Å². The molecule has 4 nitrogen and oxygen atoms in total. The minimum atomic E-state index is -0.703. The molecule has 0 saturated heterocycles. The van der Waals surface area contributed by atoms with Crippen LogP contribution in [-0.4, -0.2) is 5.60 Å². The van der Waals surface area contributed by atoms with Gasteiger partial charge in [-0.1, -0.05) is 19.1 Å². The van der Waals surface area contributed by atoms with Crippen LogP contribution in [0.1, 0.15) is 27.2 Å². The van der Waals surface area contributed by atoms with Gasteiger partial charge in [0.05, 0.1) is 0 Å². The van der Waals surface area contributed by atoms with E-state index in [1.807, 2.05) is 25.1 Å². The molecule has 1 heterocycles. The maximum atomic E-state index is 9.20. The third-order valence-electron chi connectivity index (χ3n) is 2.58. The third-order valence-corrected chi connectivity index (χ3v) is 2.58. The summed E-state index contributed by atoms with van der Waals surface area (Å²) < 4.78 is 5.59. The second-order valence-electron chi connectivity index (χ2n) is 4.25. The molecule has 0 aromatic carbocycles. The third kappa shape index (κ3) is 2.26. The lowest BCUT2D eigenvalue weighted by Crippen LogP contribution is -2.20. The monoisotopic (exact) mass is 239 g/mol. The fraction of sp³-hybridized carbons (Fsp3) is 0.357. The highest BCUT2D eigenvalue weighted by Gasteiger charge is 2.38. The lowest BCUT2D eigenvalue weighted by atomic mass is 9.94. The first-order valence-electron chi connectivity index (χ1n) is 5.57. The molecule has 0 aliphatic carbocycles. The van der Waals surface area contributed by atoms with Gasteiger partial charge in [0.15, 0.2) is 11.3 Å². The van der Waals surface area contributed by atoms with Gasteiger partial charge in [-0.25, -0.2) is 0 Å². The summed E-state index contributed by atoms with van der Waals surface area (Å²) in [5.41, 5.74) is 0.0950. The van der Waals surface area contributed by atoms with Crippen LogP contribution in [0.5, 0.6) is 0 Å². The standard InChI is InChI=1S/C14H13N3O/c1-4-5-6-12-11(9-17)13(10(7-15)8-16)18-14(12,2)3/h5-6H,4H2,1-3H3/b6-5+. The van der Waals surface area contributed by atoms with Crippen LogP contribution in [-0.2, 0) is 4.74 Å². The van der Waals surface area contributed by atoms with Crippen molar-refractivity contribution in [2.24, 2.45) is 0 Å². The summed E-state index contributed by atoms with van der Waals surface area (Å²) in [6.45, 7) is 5.59. The van der Waals surface area contributed by atoms with E-state index in [2.05, 4.69) is 0 Å². The number of nitriles is 3. The maximum Gasteiger partial charge on any atom is 0.172 e. The lowest BCUT2D eigenvalue weighted by molar-refractivity contribution is 0.0953. The SMILES string of the molecule is CC/C=C/C1=C(C#N)C(=C(C#N)C#N)OC1(C)C. The number of allylic oxidation sites excluding steroid dienone is 3. The van der Waals surface area contributed by atoms with E-state index in [0.29, 0.717) is 5.57 Å². The smallest absolute Gasteiger partial charge is 0.172 e. The summed E-state index contributed by atoms with van der Waals surface area (Å²) in [6.07, 6.45) is 4.57. The van der Waals surface area contributed by atoms with Crippen molar-refractivity contribution in [2.45, 2.75) is 32.8 Å². The van der Waals surface area contributed by atoms with Crippen molar-refractivity contribution in [3.63, 3.8) is 0 Å². The van der Waals surface area contributed by atoms with Crippen molar-refractivity contribution in [2.75, 3.05) is 0 Å². The Labute approximate surface area is 107 Å². The van der Waals surface area contributed by atoms with E-state index < -0.39 is 5.60 Å². The molecule has 0 unspecified atom stereocenters. The van der Waals surface area contributed by atoms with Gasteiger partial charge in [0.25, 0.3) is 0 Å². The van der Waals surface area contributed by atoms with Crippen molar-refractivity contribution >= 4 is 0 Å². The summed E-state index contributed by atoms with van der Waals surface area (Å²) in [6, 6.07) is 5.53. The van der Waals surface area contributed by atoms with Crippen molar-refractivity contribution in [1.29, 1.82) is 15.8 Å². The molecule has 0 spiro atoms. The highest BCUT2D eigenvalue weighted by Crippen LogP contribution is 2.39. The molecule has 0 radical (unpaired) electrons. The van der Waals surface area contributed by atoms with Crippen molar-refractivity contribution in [1.82, 2.24) is 0 Å². The lowest BCUT2D eigenvalue weighted by Gasteiger charge is -2.20. The van der Waals surface area contributed by atoms with Gasteiger partial charge in [-0.05, 0) is 20.3 Å². The van der Waals surface area contributed by atoms with E-state index in [-0.39, 0.29) is 16.9 Å². The zero-order chi connectivity index (χ0) is 13.8. The Hall–Kier alpha value is -2.51. The zero-order valence-electron chi connectivity index (χ0n) is 10.6. The number of hydrogen-bond acceptors (Lipinski definition) is 4. The molecule has 1 rings (SSSR count). The summed E-state index contributed by atoms with van der Waals surface area (Å²) >= 11 is 0. The molecule has 4 heteroatoms. The van der Waals surface area contributed by atoms with Crippen LogP contribution in [0.25, 0.3) is 0 Å². The second kappa shape index (κ2) is 5.21. The number of hydrogen-bond donors (Lipinski definition) is 0. The molecule has 1 aliphatic rings. The molecule has 18 heavy (non-hydrogen) atoms. The summed E-state index contributed by atoms with van der Waals surface area (Å²) in [4.78, 5) is 0. The van der Waals surface area contributed by atoms with Crippen LogP contribution in [0.2, 0.25) is 0 Å². The van der Waals surface area contributed by atoms with E-state index in [1.54, 1.807) is 26.0 Å². The average Bonchev–Trinajstić information content (AvgIpc) is 2.59. The minimum Gasteiger partial charge on any atom is -0.480 e. The number of nitrogens with zero attached hydrogens (tertiary/aromatic N) is 3. The highest BCUT2D eigenvalue weighted by atomic mass is 16.5. The molecule has 0 bridgehead atoms. The fourth-order valence-corrected chi connectivity index (χ4v) is 1.72. The number of ether oxygens (including phenoxy) is 1. The van der Waals surface area contributed by atoms with Crippen molar-refractivity contribution in [3.05, 3.63) is 34.6 Å². The molecule has 1 aliphatic heterocycles. The average molecular weight is 239 g/mol. The molecule has 0 fully saturated rings. The quantitative estimate of drug-likeness (QED) is 0.694. The van der Waals surface area contributed by atoms with Gasteiger partial charge in [0.1, 0.15) is 29.4 Å². The molecule has 0 aromatic rings. The Bertz CT molecular complexity index is 556. The van der Waals surface area contributed by atoms with Crippen LogP contribution >= 0.6 is 0 Å². The minimum absolute atomic E-state index is 0.0863. The van der Waals surface area contributed by atoms with Crippen molar-refractivity contribution in [3.8, 4) is 18.2 Å². The van der Waals surface area contributed by atoms with Crippen LogP contribution in [0.3, 0.4) is 0 Å². The van der Waals surface area contributed by atoms with Gasteiger partial charge in [-0.2, -0.15) is 15.8 Å². The van der Waals surface area contributed by atoms with Crippen molar-refractivity contribution < 1.29 is 4.74 Å². The normalized spacial score (nSPS) is 17.0. The Morgan fingerprint density at radius 2 is 1.89 bits per heavy atom. The first kappa shape index (κ1) is 13.6. The molecule has 0 atom stereocenters. The van der Waals surface area contributed by atoms with Gasteiger partial charge < -0.3 is 4.74 Å². The topological polar surface area (TPSA) is 80.6 Å². The predicted molar refractivity (Wildman–Crippen MR) is 65.5 cm³/mol. The van der Waals surface area contributed by atoms with Gasteiger partial charge in [-0.15, -0.1) is 0 Å². The molecular weight excluding hydrogens is 226 g/mol.